The second-order valence-corrected chi connectivity index (χ2v) is 9.88. The number of hydrogen-bond acceptors (Lipinski definition) is 6. The first-order valence-electron chi connectivity index (χ1n) is 12.4. The number of carbonyl (C=O) groups excluding carboxylic acids is 1. The molecule has 2 aromatic rings. The summed E-state index contributed by atoms with van der Waals surface area (Å²) in [7, 11) is 0. The highest BCUT2D eigenvalue weighted by Gasteiger charge is 2.39. The van der Waals surface area contributed by atoms with E-state index in [0.29, 0.717) is 24.6 Å². The average molecular weight is 450 g/mol. The van der Waals surface area contributed by atoms with E-state index < -0.39 is 0 Å². The highest BCUT2D eigenvalue weighted by molar-refractivity contribution is 5.81. The molecule has 5 rings (SSSR count). The van der Waals surface area contributed by atoms with Crippen LogP contribution in [0.1, 0.15) is 55.8 Å². The van der Waals surface area contributed by atoms with Gasteiger partial charge in [0, 0.05) is 55.9 Å². The van der Waals surface area contributed by atoms with Crippen LogP contribution in [0.5, 0.6) is 0 Å². The first-order valence-corrected chi connectivity index (χ1v) is 12.4. The molecular formula is C26H35N5O2. The lowest BCUT2D eigenvalue weighted by Gasteiger charge is -2.41. The molecule has 0 spiro atoms. The first-order chi connectivity index (χ1) is 16.1. The van der Waals surface area contributed by atoms with Crippen LogP contribution >= 0.6 is 0 Å². The molecule has 3 aliphatic heterocycles. The van der Waals surface area contributed by atoms with Crippen molar-refractivity contribution in [2.45, 2.75) is 70.1 Å². The van der Waals surface area contributed by atoms with Crippen molar-refractivity contribution in [2.24, 2.45) is 5.92 Å². The Balaban J connectivity index is 1.35. The van der Waals surface area contributed by atoms with Crippen LogP contribution in [0.2, 0.25) is 0 Å². The van der Waals surface area contributed by atoms with Crippen LogP contribution in [0.15, 0.2) is 36.5 Å². The Morgan fingerprint density at radius 1 is 1.18 bits per heavy atom. The molecule has 7 nitrogen and oxygen atoms in total. The molecule has 176 valence electrons. The fourth-order valence-corrected chi connectivity index (χ4v) is 5.52. The molecule has 1 amide bonds. The molecule has 0 radical (unpaired) electrons. The second-order valence-electron chi connectivity index (χ2n) is 9.88. The standard InChI is InChI=1S/C26H35N5O2/c1-17-12-22(23(15-27-17)19-6-4-3-5-7-19)25(32)31-16-24-20(13-18(31)2)14-28-26(30-24)29-21-8-10-33-11-9-21/h3-7,14,17-18,21-23,27H,8-13,15-16H2,1-2H3,(H,28,29,30)/t17-,18+,22+,23-/m0/s1. The number of nitrogens with zero attached hydrogens (tertiary/aromatic N) is 3. The molecule has 0 bridgehead atoms. The van der Waals surface area contributed by atoms with Gasteiger partial charge in [0.2, 0.25) is 11.9 Å². The predicted octanol–water partition coefficient (Wildman–Crippen LogP) is 3.12. The number of benzene rings is 1. The quantitative estimate of drug-likeness (QED) is 0.747. The summed E-state index contributed by atoms with van der Waals surface area (Å²) in [4.78, 5) is 25.4. The van der Waals surface area contributed by atoms with Gasteiger partial charge in [0.15, 0.2) is 0 Å². The number of fused-ring (bicyclic) bond motifs is 1. The van der Waals surface area contributed by atoms with Crippen molar-refractivity contribution < 1.29 is 9.53 Å². The molecule has 2 saturated heterocycles. The van der Waals surface area contributed by atoms with E-state index in [2.05, 4.69) is 58.6 Å². The van der Waals surface area contributed by atoms with E-state index in [1.165, 1.54) is 5.56 Å². The van der Waals surface area contributed by atoms with Gasteiger partial charge in [-0.1, -0.05) is 30.3 Å². The monoisotopic (exact) mass is 449 g/mol. The average Bonchev–Trinajstić information content (AvgIpc) is 2.84. The summed E-state index contributed by atoms with van der Waals surface area (Å²) in [6, 6.07) is 11.3. The third kappa shape index (κ3) is 4.89. The largest absolute Gasteiger partial charge is 0.381 e. The zero-order chi connectivity index (χ0) is 22.8. The van der Waals surface area contributed by atoms with E-state index in [4.69, 9.17) is 9.72 Å². The number of piperidine rings is 1. The van der Waals surface area contributed by atoms with Crippen molar-refractivity contribution >= 4 is 11.9 Å². The maximum atomic E-state index is 13.9. The summed E-state index contributed by atoms with van der Waals surface area (Å²) in [5, 5.41) is 7.05. The van der Waals surface area contributed by atoms with Gasteiger partial charge in [-0.3, -0.25) is 4.79 Å². The van der Waals surface area contributed by atoms with Gasteiger partial charge in [0.1, 0.15) is 0 Å². The van der Waals surface area contributed by atoms with Gasteiger partial charge in [-0.05, 0) is 50.7 Å². The lowest BCUT2D eigenvalue weighted by atomic mass is 9.78. The second kappa shape index (κ2) is 9.77. The van der Waals surface area contributed by atoms with E-state index in [0.717, 1.165) is 56.7 Å². The molecule has 2 N–H and O–H groups in total. The molecule has 4 atom stereocenters. The van der Waals surface area contributed by atoms with E-state index in [1.54, 1.807) is 0 Å². The summed E-state index contributed by atoms with van der Waals surface area (Å²) in [6.45, 7) is 7.27. The Labute approximate surface area is 196 Å². The SMILES string of the molecule is C[C@@H]1Cc2cnc(NC3CCOCC3)nc2CN1C(=O)[C@@H]1C[C@H](C)NC[C@H]1c1ccccc1. The number of nitrogens with one attached hydrogen (secondary N) is 2. The fraction of sp³-hybridized carbons (Fsp3) is 0.577. The van der Waals surface area contributed by atoms with Crippen LogP contribution in [0.4, 0.5) is 5.95 Å². The molecule has 0 aliphatic carbocycles. The number of anilines is 1. The van der Waals surface area contributed by atoms with Gasteiger partial charge in [0.05, 0.1) is 12.2 Å². The molecule has 3 aliphatic rings. The Kier molecular flexibility index (Phi) is 6.60. The zero-order valence-corrected chi connectivity index (χ0v) is 19.7. The van der Waals surface area contributed by atoms with Crippen LogP contribution in [-0.4, -0.2) is 58.7 Å². The van der Waals surface area contributed by atoms with Crippen molar-refractivity contribution in [1.29, 1.82) is 0 Å². The Morgan fingerprint density at radius 2 is 1.97 bits per heavy atom. The van der Waals surface area contributed by atoms with Crippen molar-refractivity contribution in [3.63, 3.8) is 0 Å². The third-order valence-corrected chi connectivity index (χ3v) is 7.48. The van der Waals surface area contributed by atoms with Gasteiger partial charge >= 0.3 is 0 Å². The number of carbonyl (C=O) groups is 1. The number of aromatic nitrogens is 2. The third-order valence-electron chi connectivity index (χ3n) is 7.48. The Hall–Kier alpha value is -2.51. The molecule has 2 fully saturated rings. The van der Waals surface area contributed by atoms with Crippen LogP contribution in [0.25, 0.3) is 0 Å². The van der Waals surface area contributed by atoms with Crippen LogP contribution in [0.3, 0.4) is 0 Å². The van der Waals surface area contributed by atoms with Gasteiger partial charge in [0.25, 0.3) is 0 Å². The summed E-state index contributed by atoms with van der Waals surface area (Å²) >= 11 is 0. The molecule has 1 aromatic carbocycles. The minimum atomic E-state index is -0.0191. The summed E-state index contributed by atoms with van der Waals surface area (Å²) in [5.41, 5.74) is 3.37. The predicted molar refractivity (Wildman–Crippen MR) is 128 cm³/mol. The minimum absolute atomic E-state index is 0.0191. The maximum absolute atomic E-state index is 13.9. The van der Waals surface area contributed by atoms with E-state index in [9.17, 15) is 4.79 Å². The summed E-state index contributed by atoms with van der Waals surface area (Å²) in [5.74, 6) is 1.10. The highest BCUT2D eigenvalue weighted by Crippen LogP contribution is 2.35. The zero-order valence-electron chi connectivity index (χ0n) is 19.7. The Morgan fingerprint density at radius 3 is 2.76 bits per heavy atom. The number of ether oxygens (including phenoxy) is 1. The topological polar surface area (TPSA) is 79.4 Å². The van der Waals surface area contributed by atoms with Crippen LogP contribution in [0, 0.1) is 5.92 Å². The number of hydrogen-bond donors (Lipinski definition) is 2. The maximum Gasteiger partial charge on any atom is 0.227 e. The van der Waals surface area contributed by atoms with Crippen molar-refractivity contribution in [1.82, 2.24) is 20.2 Å². The molecule has 1 aromatic heterocycles. The molecule has 33 heavy (non-hydrogen) atoms. The molecule has 7 heteroatoms. The van der Waals surface area contributed by atoms with Crippen molar-refractivity contribution in [2.75, 3.05) is 25.1 Å². The smallest absolute Gasteiger partial charge is 0.227 e. The summed E-state index contributed by atoms with van der Waals surface area (Å²) < 4.78 is 5.46. The lowest BCUT2D eigenvalue weighted by Crippen LogP contribution is -2.51. The van der Waals surface area contributed by atoms with E-state index in [-0.39, 0.29) is 23.8 Å². The van der Waals surface area contributed by atoms with E-state index >= 15 is 0 Å². The van der Waals surface area contributed by atoms with Gasteiger partial charge in [-0.2, -0.15) is 0 Å². The normalized spacial score (nSPS) is 28.2. The molecule has 4 heterocycles. The first kappa shape index (κ1) is 22.3. The molecule has 0 unspecified atom stereocenters. The van der Waals surface area contributed by atoms with E-state index in [1.807, 2.05) is 12.3 Å². The number of rotatable bonds is 4. The van der Waals surface area contributed by atoms with Crippen molar-refractivity contribution in [3.05, 3.63) is 53.3 Å². The minimum Gasteiger partial charge on any atom is -0.381 e. The van der Waals surface area contributed by atoms with Crippen LogP contribution < -0.4 is 10.6 Å². The van der Waals surface area contributed by atoms with Gasteiger partial charge < -0.3 is 20.3 Å². The molecule has 0 saturated carbocycles. The van der Waals surface area contributed by atoms with Gasteiger partial charge in [-0.15, -0.1) is 0 Å². The summed E-state index contributed by atoms with van der Waals surface area (Å²) in [6.07, 6.45) is 5.54. The van der Waals surface area contributed by atoms with Gasteiger partial charge in [-0.25, -0.2) is 9.97 Å². The highest BCUT2D eigenvalue weighted by atomic mass is 16.5. The molecular weight excluding hydrogens is 414 g/mol. The Bertz CT molecular complexity index is 962. The number of amides is 1. The fourth-order valence-electron chi connectivity index (χ4n) is 5.52. The van der Waals surface area contributed by atoms with Crippen molar-refractivity contribution in [3.8, 4) is 0 Å². The lowest BCUT2D eigenvalue weighted by molar-refractivity contribution is -0.140. The van der Waals surface area contributed by atoms with Crippen LogP contribution in [-0.2, 0) is 22.5 Å².